The molecular formula is C15H28. The van der Waals surface area contributed by atoms with Gasteiger partial charge in [-0.2, -0.15) is 0 Å². The monoisotopic (exact) mass is 208 g/mol. The highest BCUT2D eigenvalue weighted by Crippen LogP contribution is 2.10. The molecule has 15 heavy (non-hydrogen) atoms. The summed E-state index contributed by atoms with van der Waals surface area (Å²) in [5, 5.41) is 0. The topological polar surface area (TPSA) is 0 Å². The Labute approximate surface area is 96.7 Å². The molecule has 1 aromatic carbocycles. The van der Waals surface area contributed by atoms with Crippen LogP contribution >= 0.6 is 0 Å². The maximum atomic E-state index is 2.26. The van der Waals surface area contributed by atoms with Crippen LogP contribution in [0.25, 0.3) is 0 Å². The Morgan fingerprint density at radius 2 is 1.40 bits per heavy atom. The molecule has 1 aromatic rings. The molecule has 0 aromatic heterocycles. The predicted molar refractivity (Wildman–Crippen MR) is 72.6 cm³/mol. The molecule has 0 fully saturated rings. The van der Waals surface area contributed by atoms with E-state index in [1.165, 1.54) is 23.1 Å². The molecule has 0 radical (unpaired) electrons. The summed E-state index contributed by atoms with van der Waals surface area (Å²) in [6.07, 6.45) is 2.40. The highest BCUT2D eigenvalue weighted by molar-refractivity contribution is 5.30. The Morgan fingerprint density at radius 3 is 1.73 bits per heavy atom. The Bertz CT molecular complexity index is 236. The summed E-state index contributed by atoms with van der Waals surface area (Å²) in [5.41, 5.74) is 4.25. The van der Waals surface area contributed by atoms with Crippen molar-refractivity contribution in [3.63, 3.8) is 0 Å². The van der Waals surface area contributed by atoms with Crippen LogP contribution in [0.1, 0.15) is 57.7 Å². The molecule has 1 rings (SSSR count). The van der Waals surface area contributed by atoms with E-state index in [0.29, 0.717) is 0 Å². The molecule has 0 bridgehead atoms. The molecule has 0 aliphatic carbocycles. The summed E-state index contributed by atoms with van der Waals surface area (Å²) in [6.45, 7) is 14.7. The van der Waals surface area contributed by atoms with Crippen molar-refractivity contribution in [2.75, 3.05) is 0 Å². The first-order chi connectivity index (χ1) is 7.15. The van der Waals surface area contributed by atoms with Crippen LogP contribution in [0.15, 0.2) is 18.2 Å². The fourth-order valence-corrected chi connectivity index (χ4v) is 1.18. The van der Waals surface area contributed by atoms with Crippen molar-refractivity contribution in [1.82, 2.24) is 0 Å². The highest BCUT2D eigenvalue weighted by atomic mass is 14.0. The number of hydrogen-bond donors (Lipinski definition) is 0. The summed E-state index contributed by atoms with van der Waals surface area (Å²) in [4.78, 5) is 0. The first-order valence-corrected chi connectivity index (χ1v) is 6.21. The second kappa shape index (κ2) is 11.3. The first-order valence-electron chi connectivity index (χ1n) is 6.21. The van der Waals surface area contributed by atoms with E-state index in [1.54, 1.807) is 0 Å². The fourth-order valence-electron chi connectivity index (χ4n) is 1.18. The van der Waals surface area contributed by atoms with Crippen molar-refractivity contribution in [3.05, 3.63) is 34.9 Å². The van der Waals surface area contributed by atoms with Crippen molar-refractivity contribution in [2.45, 2.75) is 61.3 Å². The van der Waals surface area contributed by atoms with Crippen LogP contribution in [0.3, 0.4) is 0 Å². The quantitative estimate of drug-likeness (QED) is 0.587. The zero-order chi connectivity index (χ0) is 12.3. The maximum Gasteiger partial charge on any atom is -0.0305 e. The number of benzene rings is 1. The maximum absolute atomic E-state index is 2.26. The van der Waals surface area contributed by atoms with E-state index >= 15 is 0 Å². The van der Waals surface area contributed by atoms with Crippen LogP contribution in [0.5, 0.6) is 0 Å². The third kappa shape index (κ3) is 8.23. The van der Waals surface area contributed by atoms with Crippen LogP contribution in [-0.2, 0) is 6.42 Å². The SMILES string of the molecule is CC.CCC.CCc1cc(C)ccc1C. The molecule has 0 aliphatic heterocycles. The van der Waals surface area contributed by atoms with Gasteiger partial charge in [0.15, 0.2) is 0 Å². The molecule has 0 saturated carbocycles. The van der Waals surface area contributed by atoms with Gasteiger partial charge in [-0.1, -0.05) is 64.8 Å². The minimum absolute atomic E-state index is 1.15. The summed E-state index contributed by atoms with van der Waals surface area (Å²) in [5.74, 6) is 0. The van der Waals surface area contributed by atoms with Crippen molar-refractivity contribution < 1.29 is 0 Å². The lowest BCUT2D eigenvalue weighted by molar-refractivity contribution is 1.09. The van der Waals surface area contributed by atoms with Crippen LogP contribution in [0.2, 0.25) is 0 Å². The first kappa shape index (κ1) is 16.6. The summed E-state index contributed by atoms with van der Waals surface area (Å²) in [7, 11) is 0. The molecule has 0 spiro atoms. The summed E-state index contributed by atoms with van der Waals surface area (Å²) < 4.78 is 0. The summed E-state index contributed by atoms with van der Waals surface area (Å²) >= 11 is 0. The van der Waals surface area contributed by atoms with Gasteiger partial charge < -0.3 is 0 Å². The fraction of sp³-hybridized carbons (Fsp3) is 0.600. The zero-order valence-electron chi connectivity index (χ0n) is 11.6. The number of hydrogen-bond acceptors (Lipinski definition) is 0. The van der Waals surface area contributed by atoms with Gasteiger partial charge >= 0.3 is 0 Å². The third-order valence-electron chi connectivity index (χ3n) is 1.89. The van der Waals surface area contributed by atoms with Crippen molar-refractivity contribution >= 4 is 0 Å². The van der Waals surface area contributed by atoms with Gasteiger partial charge in [0.05, 0.1) is 0 Å². The smallest absolute Gasteiger partial charge is 0.0305 e. The third-order valence-corrected chi connectivity index (χ3v) is 1.89. The molecule has 0 aliphatic rings. The van der Waals surface area contributed by atoms with Crippen molar-refractivity contribution in [3.8, 4) is 0 Å². The molecule has 0 heteroatoms. The van der Waals surface area contributed by atoms with Gasteiger partial charge in [-0.05, 0) is 31.4 Å². The Balaban J connectivity index is 0. The molecule has 0 nitrogen and oxygen atoms in total. The molecular weight excluding hydrogens is 180 g/mol. The average Bonchev–Trinajstić information content (AvgIpc) is 2.26. The van der Waals surface area contributed by atoms with Crippen molar-refractivity contribution in [2.24, 2.45) is 0 Å². The van der Waals surface area contributed by atoms with Crippen LogP contribution < -0.4 is 0 Å². The molecule has 0 amide bonds. The van der Waals surface area contributed by atoms with E-state index in [-0.39, 0.29) is 0 Å². The van der Waals surface area contributed by atoms with Gasteiger partial charge in [0.25, 0.3) is 0 Å². The van der Waals surface area contributed by atoms with E-state index in [4.69, 9.17) is 0 Å². The normalized spacial score (nSPS) is 8.20. The van der Waals surface area contributed by atoms with Gasteiger partial charge in [-0.15, -0.1) is 0 Å². The lowest BCUT2D eigenvalue weighted by Gasteiger charge is -2.02. The minimum atomic E-state index is 1.15. The van der Waals surface area contributed by atoms with E-state index in [2.05, 4.69) is 52.8 Å². The predicted octanol–water partition coefficient (Wildman–Crippen LogP) is 5.31. The van der Waals surface area contributed by atoms with Gasteiger partial charge in [0, 0.05) is 0 Å². The molecule has 0 heterocycles. The second-order valence-electron chi connectivity index (χ2n) is 3.49. The Hall–Kier alpha value is -0.780. The van der Waals surface area contributed by atoms with Gasteiger partial charge in [0.2, 0.25) is 0 Å². The summed E-state index contributed by atoms with van der Waals surface area (Å²) in [6, 6.07) is 6.61. The van der Waals surface area contributed by atoms with Gasteiger partial charge in [0.1, 0.15) is 0 Å². The minimum Gasteiger partial charge on any atom is -0.0683 e. The van der Waals surface area contributed by atoms with Crippen LogP contribution in [0.4, 0.5) is 0 Å². The number of aryl methyl sites for hydroxylation is 3. The van der Waals surface area contributed by atoms with E-state index < -0.39 is 0 Å². The van der Waals surface area contributed by atoms with Gasteiger partial charge in [-0.25, -0.2) is 0 Å². The van der Waals surface area contributed by atoms with E-state index in [9.17, 15) is 0 Å². The van der Waals surface area contributed by atoms with Gasteiger partial charge in [-0.3, -0.25) is 0 Å². The molecule has 0 N–H and O–H groups in total. The largest absolute Gasteiger partial charge is 0.0683 e. The number of rotatable bonds is 1. The second-order valence-corrected chi connectivity index (χ2v) is 3.49. The van der Waals surface area contributed by atoms with E-state index in [1.807, 2.05) is 13.8 Å². The highest BCUT2D eigenvalue weighted by Gasteiger charge is 1.93. The van der Waals surface area contributed by atoms with Crippen molar-refractivity contribution in [1.29, 1.82) is 0 Å². The lowest BCUT2D eigenvalue weighted by Crippen LogP contribution is -1.86. The standard InChI is InChI=1S/C10H14.C3H8.C2H6/c1-4-10-7-8(2)5-6-9(10)3;1-3-2;1-2/h5-7H,4H2,1-3H3;3H2,1-2H3;1-2H3. The molecule has 0 saturated heterocycles. The Morgan fingerprint density at radius 1 is 0.933 bits per heavy atom. The van der Waals surface area contributed by atoms with E-state index in [0.717, 1.165) is 6.42 Å². The average molecular weight is 208 g/mol. The Kier molecular flexibility index (Phi) is 12.5. The molecule has 0 atom stereocenters. The molecule has 88 valence electrons. The zero-order valence-corrected chi connectivity index (χ0v) is 11.6. The lowest BCUT2D eigenvalue weighted by atomic mass is 10.0. The van der Waals surface area contributed by atoms with Crippen LogP contribution in [-0.4, -0.2) is 0 Å². The molecule has 0 unspecified atom stereocenters. The van der Waals surface area contributed by atoms with Crippen LogP contribution in [0, 0.1) is 13.8 Å².